The number of carboxylic acid groups (broad SMARTS) is 1. The number of carbonyl (C=O) groups is 1. The van der Waals surface area contributed by atoms with Gasteiger partial charge in [0.05, 0.1) is 10.9 Å². The molecule has 7 nitrogen and oxygen atoms in total. The fraction of sp³-hybridized carbons (Fsp3) is 0.333. The topological polar surface area (TPSA) is 115 Å². The quantitative estimate of drug-likeness (QED) is 0.511. The molecule has 2 atom stereocenters. The molecule has 0 amide bonds. The Labute approximate surface area is 188 Å². The number of aromatic carboxylic acids is 1. The van der Waals surface area contributed by atoms with Gasteiger partial charge in [-0.3, -0.25) is 4.79 Å². The number of hydrogen-bond acceptors (Lipinski definition) is 5. The Hall–Kier alpha value is -3.46. The number of anilines is 2. The summed E-state index contributed by atoms with van der Waals surface area (Å²) in [6, 6.07) is 8.23. The monoisotopic (exact) mass is 454 g/mol. The summed E-state index contributed by atoms with van der Waals surface area (Å²) in [5.74, 6) is -3.22. The molecule has 1 aromatic heterocycles. The Balaban J connectivity index is 1.64. The maximum Gasteiger partial charge on any atom is 0.341 e. The van der Waals surface area contributed by atoms with E-state index < -0.39 is 28.6 Å². The first-order valence-electron chi connectivity index (χ1n) is 10.9. The number of fused-ring (bicyclic) bond motifs is 1. The molecule has 2 fully saturated rings. The summed E-state index contributed by atoms with van der Waals surface area (Å²) in [6.07, 6.45) is 2.65. The van der Waals surface area contributed by atoms with Crippen molar-refractivity contribution in [2.24, 2.45) is 11.7 Å². The minimum Gasteiger partial charge on any atom is -0.477 e. The van der Waals surface area contributed by atoms with Gasteiger partial charge in [0.15, 0.2) is 5.82 Å². The first-order chi connectivity index (χ1) is 15.8. The van der Waals surface area contributed by atoms with E-state index in [1.54, 1.807) is 17.0 Å². The molecule has 1 saturated carbocycles. The van der Waals surface area contributed by atoms with Crippen LogP contribution in [0.15, 0.2) is 41.3 Å². The minimum atomic E-state index is -1.42. The lowest BCUT2D eigenvalue weighted by Crippen LogP contribution is -2.26. The van der Waals surface area contributed by atoms with Crippen LogP contribution in [0.4, 0.5) is 20.2 Å². The first-order valence-corrected chi connectivity index (χ1v) is 10.9. The van der Waals surface area contributed by atoms with Crippen molar-refractivity contribution in [3.63, 3.8) is 0 Å². The van der Waals surface area contributed by atoms with Gasteiger partial charge >= 0.3 is 5.97 Å². The number of carboxylic acids is 1. The van der Waals surface area contributed by atoms with E-state index in [1.165, 1.54) is 10.8 Å². The van der Waals surface area contributed by atoms with Crippen molar-refractivity contribution < 1.29 is 18.7 Å². The third-order valence-electron chi connectivity index (χ3n) is 6.78. The Bertz CT molecular complexity index is 1320. The fourth-order valence-corrected chi connectivity index (χ4v) is 4.93. The SMILES string of the molecule is NCC1CN(c2c(F)cc3c(=O)c(C(=O)O)cn(C4CC4)c3c2F)CC1c1ccc(N)cc1. The van der Waals surface area contributed by atoms with Crippen LogP contribution in [0.2, 0.25) is 0 Å². The number of halogens is 2. The third-order valence-corrected chi connectivity index (χ3v) is 6.78. The van der Waals surface area contributed by atoms with Gasteiger partial charge in [0, 0.05) is 36.9 Å². The van der Waals surface area contributed by atoms with Gasteiger partial charge in [-0.2, -0.15) is 0 Å². The van der Waals surface area contributed by atoms with Crippen molar-refractivity contribution >= 4 is 28.2 Å². The normalized spacial score (nSPS) is 20.5. The van der Waals surface area contributed by atoms with Gasteiger partial charge in [-0.25, -0.2) is 13.6 Å². The van der Waals surface area contributed by atoms with E-state index in [0.29, 0.717) is 25.3 Å². The van der Waals surface area contributed by atoms with E-state index in [1.807, 2.05) is 12.1 Å². The zero-order valence-corrected chi connectivity index (χ0v) is 17.8. The summed E-state index contributed by atoms with van der Waals surface area (Å²) in [5, 5.41) is 9.14. The largest absolute Gasteiger partial charge is 0.477 e. The van der Waals surface area contributed by atoms with Crippen molar-refractivity contribution in [2.45, 2.75) is 24.8 Å². The van der Waals surface area contributed by atoms with Crippen LogP contribution >= 0.6 is 0 Å². The number of nitrogens with two attached hydrogens (primary N) is 2. The molecule has 33 heavy (non-hydrogen) atoms. The second-order valence-corrected chi connectivity index (χ2v) is 8.91. The molecular formula is C24H24F2N4O3. The Morgan fingerprint density at radius 2 is 1.85 bits per heavy atom. The number of rotatable bonds is 5. The summed E-state index contributed by atoms with van der Waals surface area (Å²) >= 11 is 0. The second kappa shape index (κ2) is 7.84. The number of benzene rings is 2. The summed E-state index contributed by atoms with van der Waals surface area (Å²) < 4.78 is 32.7. The van der Waals surface area contributed by atoms with E-state index >= 15 is 8.78 Å². The van der Waals surface area contributed by atoms with Crippen LogP contribution < -0.4 is 21.8 Å². The zero-order valence-electron chi connectivity index (χ0n) is 17.8. The molecule has 9 heteroatoms. The number of nitrogen functional groups attached to an aromatic ring is 1. The predicted octanol–water partition coefficient (Wildman–Crippen LogP) is 3.07. The highest BCUT2D eigenvalue weighted by atomic mass is 19.1. The Kier molecular flexibility index (Phi) is 5.08. The minimum absolute atomic E-state index is 0.0249. The van der Waals surface area contributed by atoms with Crippen LogP contribution in [-0.4, -0.2) is 35.3 Å². The van der Waals surface area contributed by atoms with Crippen molar-refractivity contribution in [1.29, 1.82) is 0 Å². The molecule has 0 bridgehead atoms. The maximum atomic E-state index is 15.9. The van der Waals surface area contributed by atoms with E-state index in [0.717, 1.165) is 24.5 Å². The van der Waals surface area contributed by atoms with Crippen molar-refractivity contribution in [2.75, 3.05) is 30.3 Å². The molecule has 172 valence electrons. The van der Waals surface area contributed by atoms with E-state index in [4.69, 9.17) is 11.5 Å². The van der Waals surface area contributed by atoms with Gasteiger partial charge in [-0.1, -0.05) is 12.1 Å². The van der Waals surface area contributed by atoms with Crippen LogP contribution in [0, 0.1) is 17.6 Å². The second-order valence-electron chi connectivity index (χ2n) is 8.91. The standard InChI is InChI=1S/C24H24F2N4O3/c25-19-7-16-21(30(15-5-6-15)11-18(23(16)31)24(32)33)20(26)22(19)29-9-13(8-27)17(10-29)12-1-3-14(28)4-2-12/h1-4,7,11,13,15,17H,5-6,8-10,27-28H2,(H,32,33). The van der Waals surface area contributed by atoms with Crippen molar-refractivity contribution in [3.8, 4) is 0 Å². The lowest BCUT2D eigenvalue weighted by atomic mass is 9.89. The fourth-order valence-electron chi connectivity index (χ4n) is 4.93. The van der Waals surface area contributed by atoms with Crippen LogP contribution in [-0.2, 0) is 0 Å². The summed E-state index contributed by atoms with van der Waals surface area (Å²) in [6.45, 7) is 1.05. The van der Waals surface area contributed by atoms with Crippen LogP contribution in [0.1, 0.15) is 40.7 Å². The molecule has 1 aliphatic carbocycles. The molecule has 5 rings (SSSR count). The van der Waals surface area contributed by atoms with E-state index in [-0.39, 0.29) is 34.5 Å². The molecular weight excluding hydrogens is 430 g/mol. The molecule has 1 aliphatic heterocycles. The van der Waals surface area contributed by atoms with E-state index in [9.17, 15) is 14.7 Å². The first kappa shape index (κ1) is 21.4. The Morgan fingerprint density at radius 3 is 2.45 bits per heavy atom. The molecule has 5 N–H and O–H groups in total. The molecule has 2 heterocycles. The van der Waals surface area contributed by atoms with Gasteiger partial charge in [0.1, 0.15) is 17.1 Å². The van der Waals surface area contributed by atoms with Gasteiger partial charge < -0.3 is 26.0 Å². The van der Waals surface area contributed by atoms with Gasteiger partial charge in [0.2, 0.25) is 5.43 Å². The van der Waals surface area contributed by atoms with E-state index in [2.05, 4.69) is 0 Å². The van der Waals surface area contributed by atoms with Crippen LogP contribution in [0.3, 0.4) is 0 Å². The maximum absolute atomic E-state index is 15.9. The smallest absolute Gasteiger partial charge is 0.341 e. The number of nitrogens with zero attached hydrogens (tertiary/aromatic N) is 2. The van der Waals surface area contributed by atoms with Crippen LogP contribution in [0.25, 0.3) is 10.9 Å². The van der Waals surface area contributed by atoms with Gasteiger partial charge in [-0.15, -0.1) is 0 Å². The average Bonchev–Trinajstić information content (AvgIpc) is 3.54. The third kappa shape index (κ3) is 3.52. The highest BCUT2D eigenvalue weighted by Gasteiger charge is 2.37. The summed E-state index contributed by atoms with van der Waals surface area (Å²) in [4.78, 5) is 25.9. The van der Waals surface area contributed by atoms with Crippen molar-refractivity contribution in [3.05, 3.63) is 69.5 Å². The molecule has 3 aromatic rings. The molecule has 2 aliphatic rings. The average molecular weight is 454 g/mol. The summed E-state index contributed by atoms with van der Waals surface area (Å²) in [5.41, 5.74) is 11.8. The highest BCUT2D eigenvalue weighted by Crippen LogP contribution is 2.42. The number of pyridine rings is 1. The van der Waals surface area contributed by atoms with Gasteiger partial charge in [0.25, 0.3) is 0 Å². The number of aromatic nitrogens is 1. The summed E-state index contributed by atoms with van der Waals surface area (Å²) in [7, 11) is 0. The van der Waals surface area contributed by atoms with Crippen LogP contribution in [0.5, 0.6) is 0 Å². The predicted molar refractivity (Wildman–Crippen MR) is 122 cm³/mol. The number of hydrogen-bond donors (Lipinski definition) is 3. The molecule has 0 spiro atoms. The molecule has 2 unspecified atom stereocenters. The van der Waals surface area contributed by atoms with Gasteiger partial charge in [-0.05, 0) is 49.1 Å². The molecule has 1 saturated heterocycles. The molecule has 0 radical (unpaired) electrons. The lowest BCUT2D eigenvalue weighted by Gasteiger charge is -2.22. The zero-order chi connectivity index (χ0) is 23.4. The van der Waals surface area contributed by atoms with Crippen molar-refractivity contribution in [1.82, 2.24) is 4.57 Å². The molecule has 2 aromatic carbocycles. The Morgan fingerprint density at radius 1 is 1.15 bits per heavy atom. The highest BCUT2D eigenvalue weighted by molar-refractivity contribution is 5.94. The lowest BCUT2D eigenvalue weighted by molar-refractivity contribution is 0.0694.